The zero-order chi connectivity index (χ0) is 15.6. The van der Waals surface area contributed by atoms with E-state index < -0.39 is 10.9 Å². The number of pyridine rings is 1. The first-order chi connectivity index (χ1) is 9.80. The highest BCUT2D eigenvalue weighted by Gasteiger charge is 2.27. The predicted octanol–water partition coefficient (Wildman–Crippen LogP) is 2.70. The minimum absolute atomic E-state index is 0.107. The Morgan fingerprint density at radius 2 is 2.14 bits per heavy atom. The van der Waals surface area contributed by atoms with Crippen molar-refractivity contribution in [2.24, 2.45) is 5.41 Å². The van der Waals surface area contributed by atoms with E-state index in [1.807, 2.05) is 4.90 Å². The molecule has 2 rings (SSSR count). The molecule has 1 saturated heterocycles. The standard InChI is InChI=1S/C14H19N3O4/c1-14(2)4-3-6-16(7-5-14)12-11(13(18)19)8-10(9-15-12)17(20)21/h8-9H,3-7H2,1-2H3,(H,18,19). The van der Waals surface area contributed by atoms with E-state index in [4.69, 9.17) is 0 Å². The molecule has 7 heteroatoms. The minimum atomic E-state index is -1.19. The summed E-state index contributed by atoms with van der Waals surface area (Å²) >= 11 is 0. The fraction of sp³-hybridized carbons (Fsp3) is 0.571. The number of hydrogen-bond acceptors (Lipinski definition) is 5. The Morgan fingerprint density at radius 1 is 1.43 bits per heavy atom. The predicted molar refractivity (Wildman–Crippen MR) is 77.7 cm³/mol. The molecule has 7 nitrogen and oxygen atoms in total. The molecule has 0 amide bonds. The Balaban J connectivity index is 2.34. The quantitative estimate of drug-likeness (QED) is 0.679. The van der Waals surface area contributed by atoms with Crippen molar-refractivity contribution in [3.05, 3.63) is 27.9 Å². The Kier molecular flexibility index (Phi) is 4.11. The van der Waals surface area contributed by atoms with Crippen LogP contribution in [-0.2, 0) is 0 Å². The molecule has 0 aliphatic carbocycles. The second-order valence-electron chi connectivity index (χ2n) is 6.13. The number of rotatable bonds is 3. The van der Waals surface area contributed by atoms with Crippen LogP contribution in [0.3, 0.4) is 0 Å². The summed E-state index contributed by atoms with van der Waals surface area (Å²) in [6.07, 6.45) is 4.08. The Labute approximate surface area is 122 Å². The third kappa shape index (κ3) is 3.48. The highest BCUT2D eigenvalue weighted by Crippen LogP contribution is 2.32. The number of nitrogens with zero attached hydrogens (tertiary/aromatic N) is 3. The van der Waals surface area contributed by atoms with Gasteiger partial charge in [0.1, 0.15) is 17.6 Å². The Bertz CT molecular complexity index is 571. The van der Waals surface area contributed by atoms with E-state index >= 15 is 0 Å². The molecule has 0 atom stereocenters. The van der Waals surface area contributed by atoms with Gasteiger partial charge in [0, 0.05) is 19.2 Å². The largest absolute Gasteiger partial charge is 0.478 e. The SMILES string of the molecule is CC1(C)CCCN(c2ncc([N+](=O)[O-])cc2C(=O)O)CC1. The number of carboxylic acid groups (broad SMARTS) is 1. The van der Waals surface area contributed by atoms with E-state index in [0.717, 1.165) is 31.5 Å². The highest BCUT2D eigenvalue weighted by molar-refractivity contribution is 5.94. The van der Waals surface area contributed by atoms with Crippen molar-refractivity contribution in [1.29, 1.82) is 0 Å². The first-order valence-corrected chi connectivity index (χ1v) is 6.93. The van der Waals surface area contributed by atoms with Crippen molar-refractivity contribution >= 4 is 17.5 Å². The molecule has 2 heterocycles. The summed E-state index contributed by atoms with van der Waals surface area (Å²) in [6.45, 7) is 5.81. The third-order valence-corrected chi connectivity index (χ3v) is 3.93. The first-order valence-electron chi connectivity index (χ1n) is 6.93. The molecule has 114 valence electrons. The topological polar surface area (TPSA) is 96.6 Å². The molecule has 0 aromatic carbocycles. The zero-order valence-corrected chi connectivity index (χ0v) is 12.2. The molecule has 21 heavy (non-hydrogen) atoms. The Hall–Kier alpha value is -2.18. The fourth-order valence-corrected chi connectivity index (χ4v) is 2.59. The van der Waals surface area contributed by atoms with E-state index in [1.165, 1.54) is 0 Å². The van der Waals surface area contributed by atoms with Gasteiger partial charge in [-0.25, -0.2) is 9.78 Å². The fourth-order valence-electron chi connectivity index (χ4n) is 2.59. The van der Waals surface area contributed by atoms with E-state index in [2.05, 4.69) is 18.8 Å². The number of aromatic carboxylic acids is 1. The van der Waals surface area contributed by atoms with Crippen LogP contribution in [0.4, 0.5) is 11.5 Å². The van der Waals surface area contributed by atoms with Gasteiger partial charge < -0.3 is 10.0 Å². The summed E-state index contributed by atoms with van der Waals surface area (Å²) in [6, 6.07) is 1.08. The van der Waals surface area contributed by atoms with Crippen molar-refractivity contribution in [3.8, 4) is 0 Å². The van der Waals surface area contributed by atoms with Crippen LogP contribution in [-0.4, -0.2) is 34.1 Å². The van der Waals surface area contributed by atoms with Gasteiger partial charge in [-0.1, -0.05) is 13.8 Å². The van der Waals surface area contributed by atoms with E-state index in [0.29, 0.717) is 18.9 Å². The van der Waals surface area contributed by atoms with E-state index in [1.54, 1.807) is 0 Å². The van der Waals surface area contributed by atoms with Crippen molar-refractivity contribution in [2.75, 3.05) is 18.0 Å². The Morgan fingerprint density at radius 3 is 2.76 bits per heavy atom. The van der Waals surface area contributed by atoms with Gasteiger partial charge >= 0.3 is 5.97 Å². The number of carboxylic acids is 1. The molecular weight excluding hydrogens is 274 g/mol. The molecule has 0 saturated carbocycles. The van der Waals surface area contributed by atoms with Crippen LogP contribution in [0.2, 0.25) is 0 Å². The van der Waals surface area contributed by atoms with Crippen molar-refractivity contribution in [3.63, 3.8) is 0 Å². The summed E-state index contributed by atoms with van der Waals surface area (Å²) in [4.78, 5) is 27.5. The van der Waals surface area contributed by atoms with Crippen molar-refractivity contribution < 1.29 is 14.8 Å². The molecule has 1 aromatic rings. The number of carbonyl (C=O) groups is 1. The maximum absolute atomic E-state index is 11.4. The molecule has 0 bridgehead atoms. The summed E-state index contributed by atoms with van der Waals surface area (Å²) in [7, 11) is 0. The minimum Gasteiger partial charge on any atom is -0.478 e. The lowest BCUT2D eigenvalue weighted by molar-refractivity contribution is -0.385. The van der Waals surface area contributed by atoms with Gasteiger partial charge in [0.15, 0.2) is 0 Å². The second-order valence-corrected chi connectivity index (χ2v) is 6.13. The molecule has 0 unspecified atom stereocenters. The maximum atomic E-state index is 11.4. The second kappa shape index (κ2) is 5.67. The van der Waals surface area contributed by atoms with Crippen LogP contribution in [0.1, 0.15) is 43.5 Å². The van der Waals surface area contributed by atoms with Gasteiger partial charge in [-0.15, -0.1) is 0 Å². The van der Waals surface area contributed by atoms with Gasteiger partial charge in [0.05, 0.1) is 4.92 Å². The first kappa shape index (κ1) is 15.2. The lowest BCUT2D eigenvalue weighted by Crippen LogP contribution is -2.28. The third-order valence-electron chi connectivity index (χ3n) is 3.93. The molecule has 1 aliphatic heterocycles. The molecule has 0 spiro atoms. The molecule has 0 radical (unpaired) electrons. The lowest BCUT2D eigenvalue weighted by Gasteiger charge is -2.24. The number of anilines is 1. The van der Waals surface area contributed by atoms with Crippen molar-refractivity contribution in [1.82, 2.24) is 4.98 Å². The average Bonchev–Trinajstić information content (AvgIpc) is 2.59. The van der Waals surface area contributed by atoms with Crippen LogP contribution in [0.25, 0.3) is 0 Å². The average molecular weight is 293 g/mol. The molecule has 1 N–H and O–H groups in total. The lowest BCUT2D eigenvalue weighted by atomic mass is 9.85. The zero-order valence-electron chi connectivity index (χ0n) is 12.2. The van der Waals surface area contributed by atoms with Gasteiger partial charge in [0.2, 0.25) is 0 Å². The van der Waals surface area contributed by atoms with E-state index in [9.17, 15) is 20.0 Å². The van der Waals surface area contributed by atoms with Gasteiger partial charge in [0.25, 0.3) is 5.69 Å². The number of nitro groups is 1. The van der Waals surface area contributed by atoms with Crippen LogP contribution >= 0.6 is 0 Å². The summed E-state index contributed by atoms with van der Waals surface area (Å²) < 4.78 is 0. The summed E-state index contributed by atoms with van der Waals surface area (Å²) in [5.41, 5.74) is -0.186. The molecule has 1 aromatic heterocycles. The van der Waals surface area contributed by atoms with Crippen LogP contribution < -0.4 is 4.90 Å². The van der Waals surface area contributed by atoms with Crippen LogP contribution in [0.5, 0.6) is 0 Å². The number of hydrogen-bond donors (Lipinski definition) is 1. The molecule has 1 fully saturated rings. The molecular formula is C14H19N3O4. The normalized spacial score (nSPS) is 18.1. The van der Waals surface area contributed by atoms with Crippen LogP contribution in [0, 0.1) is 15.5 Å². The van der Waals surface area contributed by atoms with Crippen LogP contribution in [0.15, 0.2) is 12.3 Å². The smallest absolute Gasteiger partial charge is 0.339 e. The highest BCUT2D eigenvalue weighted by atomic mass is 16.6. The summed E-state index contributed by atoms with van der Waals surface area (Å²) in [5.74, 6) is -0.865. The molecule has 1 aliphatic rings. The summed E-state index contributed by atoms with van der Waals surface area (Å²) in [5, 5.41) is 20.0. The van der Waals surface area contributed by atoms with Gasteiger partial charge in [-0.3, -0.25) is 10.1 Å². The monoisotopic (exact) mass is 293 g/mol. The van der Waals surface area contributed by atoms with E-state index in [-0.39, 0.29) is 16.7 Å². The van der Waals surface area contributed by atoms with Crippen molar-refractivity contribution in [2.45, 2.75) is 33.1 Å². The number of aromatic nitrogens is 1. The maximum Gasteiger partial charge on any atom is 0.339 e. The van der Waals surface area contributed by atoms with Gasteiger partial charge in [-0.2, -0.15) is 0 Å². The van der Waals surface area contributed by atoms with Gasteiger partial charge in [-0.05, 0) is 24.7 Å².